The van der Waals surface area contributed by atoms with Crippen molar-refractivity contribution in [3.63, 3.8) is 0 Å². The van der Waals surface area contributed by atoms with E-state index in [1.165, 1.54) is 6.26 Å². The number of ketones is 1. The van der Waals surface area contributed by atoms with Crippen molar-refractivity contribution in [2.75, 3.05) is 0 Å². The molecule has 1 heterocycles. The van der Waals surface area contributed by atoms with Gasteiger partial charge in [-0.1, -0.05) is 0 Å². The summed E-state index contributed by atoms with van der Waals surface area (Å²) in [6.45, 7) is 3.93. The molecule has 1 aromatic heterocycles. The maximum atomic E-state index is 11.3. The molecule has 1 aromatic rings. The van der Waals surface area contributed by atoms with E-state index in [1.54, 1.807) is 18.3 Å². The van der Waals surface area contributed by atoms with E-state index in [0.717, 1.165) is 0 Å². The number of hydrogen-bond acceptors (Lipinski definition) is 3. The second-order valence-electron chi connectivity index (χ2n) is 3.03. The zero-order valence-corrected chi connectivity index (χ0v) is 7.86. The van der Waals surface area contributed by atoms with Gasteiger partial charge in [-0.05, 0) is 26.0 Å². The Kier molecular flexibility index (Phi) is 3.43. The van der Waals surface area contributed by atoms with Crippen LogP contribution in [0.1, 0.15) is 30.8 Å². The van der Waals surface area contributed by atoms with Crippen molar-refractivity contribution in [2.24, 2.45) is 4.99 Å². The Morgan fingerprint density at radius 2 is 2.46 bits per heavy atom. The monoisotopic (exact) mass is 179 g/mol. The van der Waals surface area contributed by atoms with Crippen LogP contribution in [0.25, 0.3) is 0 Å². The van der Waals surface area contributed by atoms with Crippen molar-refractivity contribution in [1.29, 1.82) is 0 Å². The lowest BCUT2D eigenvalue weighted by atomic mass is 10.2. The Hall–Kier alpha value is -1.38. The molecule has 0 aliphatic heterocycles. The molecule has 0 aliphatic carbocycles. The van der Waals surface area contributed by atoms with Crippen LogP contribution in [0.15, 0.2) is 27.8 Å². The second-order valence-corrected chi connectivity index (χ2v) is 3.03. The average Bonchev–Trinajstić information content (AvgIpc) is 2.55. The van der Waals surface area contributed by atoms with Crippen LogP contribution < -0.4 is 0 Å². The van der Waals surface area contributed by atoms with Crippen LogP contribution in [0.5, 0.6) is 0 Å². The number of hydrogen-bond donors (Lipinski definition) is 0. The molecule has 1 rings (SSSR count). The fourth-order valence-electron chi connectivity index (χ4n) is 0.884. The number of carbonyl (C=O) groups excluding carboxylic acids is 1. The van der Waals surface area contributed by atoms with Crippen LogP contribution >= 0.6 is 0 Å². The predicted octanol–water partition coefficient (Wildman–Crippen LogP) is 2.33. The van der Waals surface area contributed by atoms with Crippen molar-refractivity contribution in [2.45, 2.75) is 26.3 Å². The Labute approximate surface area is 77.5 Å². The fourth-order valence-corrected chi connectivity index (χ4v) is 0.884. The van der Waals surface area contributed by atoms with Crippen LogP contribution in [-0.2, 0) is 0 Å². The van der Waals surface area contributed by atoms with Gasteiger partial charge < -0.3 is 4.42 Å². The third kappa shape index (κ3) is 3.23. The molecule has 0 aromatic carbocycles. The molecule has 0 fully saturated rings. The van der Waals surface area contributed by atoms with E-state index in [9.17, 15) is 4.79 Å². The van der Waals surface area contributed by atoms with Gasteiger partial charge in [0.2, 0.25) is 5.78 Å². The van der Waals surface area contributed by atoms with Gasteiger partial charge in [-0.25, -0.2) is 0 Å². The number of Topliss-reactive ketones (excluding diaryl/α,β-unsaturated/α-hetero) is 1. The lowest BCUT2D eigenvalue weighted by molar-refractivity contribution is 0.0975. The van der Waals surface area contributed by atoms with Crippen LogP contribution in [0.2, 0.25) is 0 Å². The molecular weight excluding hydrogens is 166 g/mol. The predicted molar refractivity (Wildman–Crippen MR) is 51.3 cm³/mol. The molecule has 3 nitrogen and oxygen atoms in total. The smallest absolute Gasteiger partial charge is 0.203 e. The summed E-state index contributed by atoms with van der Waals surface area (Å²) in [5.41, 5.74) is 0. The van der Waals surface area contributed by atoms with Crippen LogP contribution in [-0.4, -0.2) is 18.0 Å². The van der Waals surface area contributed by atoms with E-state index in [2.05, 4.69) is 4.99 Å². The SMILES string of the molecule is CC(C)N=CCC(=O)c1ccco1. The molecule has 0 spiro atoms. The zero-order chi connectivity index (χ0) is 9.68. The Balaban J connectivity index is 2.43. The number of furan rings is 1. The number of nitrogens with zero attached hydrogens (tertiary/aromatic N) is 1. The topological polar surface area (TPSA) is 42.6 Å². The first-order valence-corrected chi connectivity index (χ1v) is 4.28. The molecule has 0 aliphatic rings. The maximum absolute atomic E-state index is 11.3. The van der Waals surface area contributed by atoms with Gasteiger partial charge in [-0.3, -0.25) is 9.79 Å². The Morgan fingerprint density at radius 1 is 1.69 bits per heavy atom. The third-order valence-electron chi connectivity index (χ3n) is 1.48. The molecule has 0 saturated heterocycles. The van der Waals surface area contributed by atoms with E-state index in [1.807, 2.05) is 13.8 Å². The normalized spacial score (nSPS) is 11.3. The summed E-state index contributed by atoms with van der Waals surface area (Å²) in [7, 11) is 0. The van der Waals surface area contributed by atoms with Gasteiger partial charge in [-0.2, -0.15) is 0 Å². The van der Waals surface area contributed by atoms with E-state index in [4.69, 9.17) is 4.42 Å². The summed E-state index contributed by atoms with van der Waals surface area (Å²) in [5.74, 6) is 0.365. The van der Waals surface area contributed by atoms with Gasteiger partial charge in [0.15, 0.2) is 5.76 Å². The molecular formula is C10H13NO2. The summed E-state index contributed by atoms with van der Waals surface area (Å²) in [4.78, 5) is 15.4. The molecule has 0 radical (unpaired) electrons. The van der Waals surface area contributed by atoms with Gasteiger partial charge >= 0.3 is 0 Å². The Bertz CT molecular complexity index is 286. The highest BCUT2D eigenvalue weighted by Gasteiger charge is 2.05. The van der Waals surface area contributed by atoms with Gasteiger partial charge in [-0.15, -0.1) is 0 Å². The summed E-state index contributed by atoms with van der Waals surface area (Å²) >= 11 is 0. The third-order valence-corrected chi connectivity index (χ3v) is 1.48. The molecule has 0 unspecified atom stereocenters. The molecule has 0 saturated carbocycles. The summed E-state index contributed by atoms with van der Waals surface area (Å²) in [6, 6.07) is 3.60. The minimum absolute atomic E-state index is 0.0330. The molecule has 3 heteroatoms. The molecule has 0 atom stereocenters. The highest BCUT2D eigenvalue weighted by Crippen LogP contribution is 2.02. The lowest BCUT2D eigenvalue weighted by Crippen LogP contribution is -1.99. The number of carbonyl (C=O) groups is 1. The first kappa shape index (κ1) is 9.71. The summed E-state index contributed by atoms with van der Waals surface area (Å²) in [5, 5.41) is 0. The standard InChI is InChI=1S/C10H13NO2/c1-8(2)11-6-5-9(12)10-4-3-7-13-10/h3-4,6-8H,5H2,1-2H3. The number of rotatable bonds is 4. The van der Waals surface area contributed by atoms with Crippen LogP contribution in [0.3, 0.4) is 0 Å². The van der Waals surface area contributed by atoms with Crippen LogP contribution in [0.4, 0.5) is 0 Å². The second kappa shape index (κ2) is 4.60. The molecule has 13 heavy (non-hydrogen) atoms. The van der Waals surface area contributed by atoms with Crippen molar-refractivity contribution in [3.8, 4) is 0 Å². The van der Waals surface area contributed by atoms with Gasteiger partial charge in [0.1, 0.15) is 0 Å². The van der Waals surface area contributed by atoms with Gasteiger partial charge in [0.05, 0.1) is 6.26 Å². The van der Waals surface area contributed by atoms with E-state index >= 15 is 0 Å². The van der Waals surface area contributed by atoms with Gasteiger partial charge in [0.25, 0.3) is 0 Å². The largest absolute Gasteiger partial charge is 0.461 e. The van der Waals surface area contributed by atoms with E-state index < -0.39 is 0 Å². The van der Waals surface area contributed by atoms with E-state index in [0.29, 0.717) is 12.2 Å². The quantitative estimate of drug-likeness (QED) is 0.526. The lowest BCUT2D eigenvalue weighted by Gasteiger charge is -1.93. The minimum Gasteiger partial charge on any atom is -0.461 e. The number of aliphatic imine (C=N–C) groups is 1. The molecule has 70 valence electrons. The average molecular weight is 179 g/mol. The van der Waals surface area contributed by atoms with E-state index in [-0.39, 0.29) is 11.8 Å². The van der Waals surface area contributed by atoms with Crippen LogP contribution in [0, 0.1) is 0 Å². The Morgan fingerprint density at radius 3 is 3.00 bits per heavy atom. The fraction of sp³-hybridized carbons (Fsp3) is 0.400. The van der Waals surface area contributed by atoms with Crippen molar-refractivity contribution in [3.05, 3.63) is 24.2 Å². The van der Waals surface area contributed by atoms with Crippen molar-refractivity contribution >= 4 is 12.0 Å². The van der Waals surface area contributed by atoms with Gasteiger partial charge in [0, 0.05) is 18.7 Å². The zero-order valence-electron chi connectivity index (χ0n) is 7.86. The first-order chi connectivity index (χ1) is 6.20. The molecule has 0 amide bonds. The highest BCUT2D eigenvalue weighted by atomic mass is 16.3. The molecule has 0 N–H and O–H groups in total. The minimum atomic E-state index is -0.0330. The van der Waals surface area contributed by atoms with Crippen molar-refractivity contribution < 1.29 is 9.21 Å². The summed E-state index contributed by atoms with van der Waals surface area (Å²) < 4.78 is 4.94. The maximum Gasteiger partial charge on any atom is 0.203 e. The first-order valence-electron chi connectivity index (χ1n) is 4.28. The highest BCUT2D eigenvalue weighted by molar-refractivity contribution is 6.01. The molecule has 0 bridgehead atoms. The summed E-state index contributed by atoms with van der Waals surface area (Å²) in [6.07, 6.45) is 3.44. The van der Waals surface area contributed by atoms with Crippen molar-refractivity contribution in [1.82, 2.24) is 0 Å².